The molecule has 4 aromatic rings. The molecule has 1 aliphatic heterocycles. The number of nitrogens with one attached hydrogen (secondary N) is 1. The van der Waals surface area contributed by atoms with Gasteiger partial charge in [0, 0.05) is 19.6 Å². The van der Waals surface area contributed by atoms with E-state index in [-0.39, 0.29) is 30.3 Å². The number of nitrogens with zero attached hydrogens (tertiary/aromatic N) is 3. The predicted octanol–water partition coefficient (Wildman–Crippen LogP) is 4.52. The minimum Gasteiger partial charge on any atom is -0.497 e. The van der Waals surface area contributed by atoms with Crippen LogP contribution in [0.4, 0.5) is 13.2 Å². The monoisotopic (exact) mass is 702 g/mol. The van der Waals surface area contributed by atoms with Gasteiger partial charge in [-0.2, -0.15) is 22.7 Å². The molecule has 0 saturated carbocycles. The number of carbonyl (C=O) groups is 3. The molecule has 1 aromatic heterocycles. The van der Waals surface area contributed by atoms with Crippen molar-refractivity contribution in [3.05, 3.63) is 94.2 Å². The molecule has 0 radical (unpaired) electrons. The fourth-order valence-corrected chi connectivity index (χ4v) is 7.16. The summed E-state index contributed by atoms with van der Waals surface area (Å²) in [5.74, 6) is -3.06. The molecule has 0 bridgehead atoms. The van der Waals surface area contributed by atoms with E-state index in [9.17, 15) is 31.2 Å². The van der Waals surface area contributed by atoms with E-state index < -0.39 is 40.7 Å². The summed E-state index contributed by atoms with van der Waals surface area (Å²) in [5.41, 5.74) is 1.67. The Morgan fingerprint density at radius 1 is 1.08 bits per heavy atom. The van der Waals surface area contributed by atoms with Crippen LogP contribution in [0, 0.1) is 11.3 Å². The maximum atomic E-state index is 14.1. The van der Waals surface area contributed by atoms with Crippen molar-refractivity contribution in [3.8, 4) is 11.8 Å². The number of amides is 2. The van der Waals surface area contributed by atoms with Gasteiger partial charge in [-0.1, -0.05) is 42.5 Å². The van der Waals surface area contributed by atoms with E-state index >= 15 is 0 Å². The summed E-state index contributed by atoms with van der Waals surface area (Å²) < 4.78 is 66.2. The van der Waals surface area contributed by atoms with Crippen LogP contribution in [0.3, 0.4) is 0 Å². The van der Waals surface area contributed by atoms with E-state index in [2.05, 4.69) is 11.4 Å². The SMILES string of the molecule is COc1ccc2ccc(S(=O)(=O)N(CC(=O)NCc3ccccc3)[C@H]3CCN(Cc4csc(C#N)c4)C3=O)cc2c1.O=C(O)C(F)(F)F. The lowest BCUT2D eigenvalue weighted by Gasteiger charge is -2.27. The van der Waals surface area contributed by atoms with Gasteiger partial charge in [0.2, 0.25) is 21.8 Å². The first-order chi connectivity index (χ1) is 22.7. The first kappa shape index (κ1) is 35.9. The van der Waals surface area contributed by atoms with Crippen LogP contribution < -0.4 is 10.1 Å². The van der Waals surface area contributed by atoms with Crippen molar-refractivity contribution >= 4 is 49.9 Å². The summed E-state index contributed by atoms with van der Waals surface area (Å²) >= 11 is 1.29. The van der Waals surface area contributed by atoms with Gasteiger partial charge < -0.3 is 20.1 Å². The molecule has 2 N–H and O–H groups in total. The maximum Gasteiger partial charge on any atom is 0.490 e. The minimum atomic E-state index is -5.08. The summed E-state index contributed by atoms with van der Waals surface area (Å²) in [4.78, 5) is 37.6. The summed E-state index contributed by atoms with van der Waals surface area (Å²) in [6, 6.07) is 22.1. The standard InChI is InChI=1S/C30H28N4O5S2.C2HF3O2/c1-39-25-9-7-23-8-10-27(15-24(23)14-25)41(37,38)34(19-29(35)32-17-21-5-3-2-4-6-21)28-11-12-33(30(28)36)18-22-13-26(16-31)40-20-22;3-2(4,5)1(6)7/h2-10,13-15,20,28H,11-12,17-19H2,1H3,(H,32,35);(H,6,7)/t28-;/m0./s1. The molecule has 0 unspecified atom stereocenters. The Labute approximate surface area is 277 Å². The Morgan fingerprint density at radius 2 is 1.77 bits per heavy atom. The van der Waals surface area contributed by atoms with Crippen LogP contribution >= 0.6 is 11.3 Å². The molecular formula is C32H29F3N4O7S2. The first-order valence-corrected chi connectivity index (χ1v) is 16.5. The fourth-order valence-electron chi connectivity index (χ4n) is 4.87. The molecule has 252 valence electrons. The Hall–Kier alpha value is -4.98. The number of thiophene rings is 1. The molecule has 3 aromatic carbocycles. The highest BCUT2D eigenvalue weighted by Gasteiger charge is 2.43. The van der Waals surface area contributed by atoms with E-state index in [4.69, 9.17) is 19.9 Å². The molecule has 0 aliphatic carbocycles. The number of methoxy groups -OCH3 is 1. The van der Waals surface area contributed by atoms with Crippen LogP contribution in [0.15, 0.2) is 83.1 Å². The van der Waals surface area contributed by atoms with Crippen LogP contribution in [0.1, 0.15) is 22.4 Å². The van der Waals surface area contributed by atoms with Crippen molar-refractivity contribution in [1.29, 1.82) is 5.26 Å². The summed E-state index contributed by atoms with van der Waals surface area (Å²) in [7, 11) is -2.73. The molecule has 2 heterocycles. The minimum absolute atomic E-state index is 0.0168. The summed E-state index contributed by atoms with van der Waals surface area (Å²) in [6.45, 7) is 0.311. The van der Waals surface area contributed by atoms with Gasteiger partial charge in [0.1, 0.15) is 22.7 Å². The number of hydrogen-bond acceptors (Lipinski definition) is 8. The second kappa shape index (κ2) is 15.3. The van der Waals surface area contributed by atoms with E-state index in [0.717, 1.165) is 20.8 Å². The van der Waals surface area contributed by atoms with Crippen molar-refractivity contribution in [2.75, 3.05) is 20.2 Å². The van der Waals surface area contributed by atoms with E-state index in [1.54, 1.807) is 29.2 Å². The number of rotatable bonds is 10. The largest absolute Gasteiger partial charge is 0.497 e. The number of alkyl halides is 3. The Kier molecular flexibility index (Phi) is 11.4. The molecule has 5 rings (SSSR count). The van der Waals surface area contributed by atoms with E-state index in [1.165, 1.54) is 30.6 Å². The molecule has 0 spiro atoms. The molecule has 11 nitrogen and oxygen atoms in total. The highest BCUT2D eigenvalue weighted by atomic mass is 32.2. The number of hydrogen-bond donors (Lipinski definition) is 2. The number of ether oxygens (including phenoxy) is 1. The Bertz CT molecular complexity index is 1940. The van der Waals surface area contributed by atoms with Gasteiger partial charge >= 0.3 is 12.1 Å². The zero-order valence-electron chi connectivity index (χ0n) is 25.3. The molecule has 2 amide bonds. The van der Waals surface area contributed by atoms with Crippen molar-refractivity contribution in [2.45, 2.75) is 36.6 Å². The molecular weight excluding hydrogens is 674 g/mol. The highest BCUT2D eigenvalue weighted by molar-refractivity contribution is 7.89. The van der Waals surface area contributed by atoms with Gasteiger partial charge in [-0.15, -0.1) is 11.3 Å². The number of aliphatic carboxylic acids is 1. The van der Waals surface area contributed by atoms with Crippen molar-refractivity contribution in [3.63, 3.8) is 0 Å². The third kappa shape index (κ3) is 8.88. The summed E-state index contributed by atoms with van der Waals surface area (Å²) in [5, 5.41) is 22.3. The molecule has 48 heavy (non-hydrogen) atoms. The molecule has 16 heteroatoms. The third-order valence-electron chi connectivity index (χ3n) is 7.25. The number of carboxylic acid groups (broad SMARTS) is 1. The van der Waals surface area contributed by atoms with E-state index in [1.807, 2.05) is 41.8 Å². The number of carboxylic acids is 1. The number of likely N-dealkylation sites (tertiary alicyclic amines) is 1. The molecule has 1 aliphatic rings. The number of halogens is 3. The lowest BCUT2D eigenvalue weighted by atomic mass is 10.1. The zero-order chi connectivity index (χ0) is 35.1. The van der Waals surface area contributed by atoms with Gasteiger partial charge in [0.05, 0.1) is 18.6 Å². The predicted molar refractivity (Wildman–Crippen MR) is 169 cm³/mol. The quantitative estimate of drug-likeness (QED) is 0.244. The second-order valence-electron chi connectivity index (χ2n) is 10.5. The second-order valence-corrected chi connectivity index (χ2v) is 13.3. The Morgan fingerprint density at radius 3 is 2.40 bits per heavy atom. The summed E-state index contributed by atoms with van der Waals surface area (Å²) in [6.07, 6.45) is -4.85. The maximum absolute atomic E-state index is 14.1. The number of carbonyl (C=O) groups excluding carboxylic acids is 2. The van der Waals surface area contributed by atoms with Crippen LogP contribution in [-0.4, -0.2) is 72.9 Å². The molecule has 1 fully saturated rings. The van der Waals surface area contributed by atoms with E-state index in [0.29, 0.717) is 22.6 Å². The lowest BCUT2D eigenvalue weighted by Crippen LogP contribution is -2.49. The van der Waals surface area contributed by atoms with Crippen molar-refractivity contribution < 1.29 is 45.8 Å². The highest BCUT2D eigenvalue weighted by Crippen LogP contribution is 2.29. The van der Waals surface area contributed by atoms with Gasteiger partial charge in [-0.3, -0.25) is 9.59 Å². The van der Waals surface area contributed by atoms with Gasteiger partial charge in [-0.25, -0.2) is 13.2 Å². The smallest absolute Gasteiger partial charge is 0.490 e. The third-order valence-corrected chi connectivity index (χ3v) is 9.99. The Balaban J connectivity index is 0.000000671. The lowest BCUT2D eigenvalue weighted by molar-refractivity contribution is -0.192. The number of benzene rings is 3. The van der Waals surface area contributed by atoms with Gasteiger partial charge in [0.15, 0.2) is 0 Å². The number of nitriles is 1. The topological polar surface area (TPSA) is 157 Å². The average Bonchev–Trinajstić information content (AvgIpc) is 3.68. The van der Waals surface area contributed by atoms with Crippen LogP contribution in [-0.2, 0) is 37.5 Å². The first-order valence-electron chi connectivity index (χ1n) is 14.2. The number of sulfonamides is 1. The molecule has 1 atom stereocenters. The number of fused-ring (bicyclic) bond motifs is 1. The van der Waals surface area contributed by atoms with Crippen LogP contribution in [0.5, 0.6) is 5.75 Å². The van der Waals surface area contributed by atoms with Gasteiger partial charge in [0.25, 0.3) is 0 Å². The van der Waals surface area contributed by atoms with Crippen molar-refractivity contribution in [2.24, 2.45) is 0 Å². The zero-order valence-corrected chi connectivity index (χ0v) is 26.9. The average molecular weight is 703 g/mol. The van der Waals surface area contributed by atoms with Crippen molar-refractivity contribution in [1.82, 2.24) is 14.5 Å². The van der Waals surface area contributed by atoms with Crippen LogP contribution in [0.2, 0.25) is 0 Å². The fraction of sp³-hybridized carbons (Fsp3) is 0.250. The normalized spacial score (nSPS) is 14.7. The molecule has 1 saturated heterocycles. The van der Waals surface area contributed by atoms with Gasteiger partial charge in [-0.05, 0) is 64.0 Å². The van der Waals surface area contributed by atoms with Crippen LogP contribution in [0.25, 0.3) is 10.8 Å².